The molecular formula is C10H11NOS2. The molecule has 1 aromatic heterocycles. The van der Waals surface area contributed by atoms with Crippen molar-refractivity contribution in [2.45, 2.75) is 4.21 Å². The lowest BCUT2D eigenvalue weighted by atomic mass is 10.1. The van der Waals surface area contributed by atoms with E-state index in [-0.39, 0.29) is 5.78 Å². The van der Waals surface area contributed by atoms with E-state index in [2.05, 4.69) is 0 Å². The fourth-order valence-electron chi connectivity index (χ4n) is 1.36. The first-order chi connectivity index (χ1) is 6.68. The molecule has 1 aromatic rings. The Bertz CT molecular complexity index is 393. The van der Waals surface area contributed by atoms with Gasteiger partial charge in [0.2, 0.25) is 0 Å². The second kappa shape index (κ2) is 3.79. The third-order valence-electron chi connectivity index (χ3n) is 1.94. The van der Waals surface area contributed by atoms with Gasteiger partial charge in [-0.1, -0.05) is 0 Å². The van der Waals surface area contributed by atoms with E-state index in [1.807, 2.05) is 36.6 Å². The minimum atomic E-state index is 0.189. The predicted octanol–water partition coefficient (Wildman–Crippen LogP) is 2.48. The van der Waals surface area contributed by atoms with Crippen LogP contribution in [-0.4, -0.2) is 30.5 Å². The molecule has 1 aliphatic heterocycles. The molecule has 0 spiro atoms. The van der Waals surface area contributed by atoms with Crippen molar-refractivity contribution in [3.8, 4) is 0 Å². The number of rotatable bonds is 1. The predicted molar refractivity (Wildman–Crippen MR) is 61.1 cm³/mol. The summed E-state index contributed by atoms with van der Waals surface area (Å²) in [4.78, 5) is 13.8. The third-order valence-corrected chi connectivity index (χ3v) is 4.22. The summed E-state index contributed by atoms with van der Waals surface area (Å²) in [5.41, 5.74) is 1.77. The van der Waals surface area contributed by atoms with Crippen LogP contribution in [0.25, 0.3) is 0 Å². The molecule has 74 valence electrons. The van der Waals surface area contributed by atoms with Gasteiger partial charge in [0.25, 0.3) is 0 Å². The summed E-state index contributed by atoms with van der Waals surface area (Å²) in [7, 11) is 3.88. The summed E-state index contributed by atoms with van der Waals surface area (Å²) in [6.07, 6.45) is 1.91. The van der Waals surface area contributed by atoms with Crippen molar-refractivity contribution in [2.75, 3.05) is 19.8 Å². The molecule has 0 saturated carbocycles. The van der Waals surface area contributed by atoms with Crippen LogP contribution in [0.2, 0.25) is 0 Å². The highest BCUT2D eigenvalue weighted by atomic mass is 32.2. The fraction of sp³-hybridized carbons (Fsp3) is 0.300. The maximum absolute atomic E-state index is 11.9. The molecule has 0 unspecified atom stereocenters. The maximum atomic E-state index is 11.9. The van der Waals surface area contributed by atoms with E-state index in [0.717, 1.165) is 21.1 Å². The van der Waals surface area contributed by atoms with Crippen molar-refractivity contribution in [3.05, 3.63) is 28.8 Å². The van der Waals surface area contributed by atoms with Crippen LogP contribution in [0.4, 0.5) is 0 Å². The Labute approximate surface area is 91.6 Å². The molecule has 2 heterocycles. The van der Waals surface area contributed by atoms with Gasteiger partial charge in [-0.2, -0.15) is 0 Å². The molecule has 2 rings (SSSR count). The number of thiophene rings is 1. The SMILES string of the molecule is CN(C)/C=C1/CSc2sccc2C1=O. The Balaban J connectivity index is 2.34. The van der Waals surface area contributed by atoms with E-state index in [0.29, 0.717) is 0 Å². The highest BCUT2D eigenvalue weighted by molar-refractivity contribution is 8.01. The Morgan fingerprint density at radius 2 is 2.29 bits per heavy atom. The van der Waals surface area contributed by atoms with Crippen molar-refractivity contribution in [3.63, 3.8) is 0 Å². The maximum Gasteiger partial charge on any atom is 0.193 e. The van der Waals surface area contributed by atoms with Crippen LogP contribution in [0.5, 0.6) is 0 Å². The van der Waals surface area contributed by atoms with Crippen molar-refractivity contribution in [2.24, 2.45) is 0 Å². The lowest BCUT2D eigenvalue weighted by Crippen LogP contribution is -2.14. The molecule has 0 N–H and O–H groups in total. The zero-order valence-corrected chi connectivity index (χ0v) is 9.74. The number of Topliss-reactive ketones (excluding diaryl/α,β-unsaturated/α-hetero) is 1. The highest BCUT2D eigenvalue weighted by Crippen LogP contribution is 2.36. The average molecular weight is 225 g/mol. The van der Waals surface area contributed by atoms with Crippen LogP contribution in [-0.2, 0) is 0 Å². The summed E-state index contributed by atoms with van der Waals surface area (Å²) >= 11 is 3.40. The Morgan fingerprint density at radius 3 is 3.00 bits per heavy atom. The van der Waals surface area contributed by atoms with Gasteiger partial charge in [0.1, 0.15) is 0 Å². The Hall–Kier alpha value is -0.740. The molecule has 0 bridgehead atoms. The van der Waals surface area contributed by atoms with Gasteiger partial charge < -0.3 is 4.90 Å². The molecule has 14 heavy (non-hydrogen) atoms. The lowest BCUT2D eigenvalue weighted by molar-refractivity contribution is 0.103. The second-order valence-corrected chi connectivity index (χ2v) is 5.52. The van der Waals surface area contributed by atoms with Crippen molar-refractivity contribution in [1.29, 1.82) is 0 Å². The van der Waals surface area contributed by atoms with Gasteiger partial charge in [-0.3, -0.25) is 4.79 Å². The number of nitrogens with zero attached hydrogens (tertiary/aromatic N) is 1. The van der Waals surface area contributed by atoms with Gasteiger partial charge in [-0.15, -0.1) is 23.1 Å². The number of carbonyl (C=O) groups is 1. The molecular weight excluding hydrogens is 214 g/mol. The van der Waals surface area contributed by atoms with Crippen LogP contribution in [0.1, 0.15) is 10.4 Å². The molecule has 2 nitrogen and oxygen atoms in total. The molecule has 0 atom stereocenters. The molecule has 0 saturated heterocycles. The summed E-state index contributed by atoms with van der Waals surface area (Å²) in [6, 6.07) is 1.91. The number of hydrogen-bond acceptors (Lipinski definition) is 4. The largest absolute Gasteiger partial charge is 0.383 e. The summed E-state index contributed by atoms with van der Waals surface area (Å²) in [6.45, 7) is 0. The molecule has 0 amide bonds. The summed E-state index contributed by atoms with van der Waals surface area (Å²) in [5.74, 6) is 0.985. The molecule has 0 fully saturated rings. The highest BCUT2D eigenvalue weighted by Gasteiger charge is 2.23. The smallest absolute Gasteiger partial charge is 0.193 e. The number of fused-ring (bicyclic) bond motifs is 1. The lowest BCUT2D eigenvalue weighted by Gasteiger charge is -2.15. The molecule has 0 radical (unpaired) electrons. The van der Waals surface area contributed by atoms with E-state index >= 15 is 0 Å². The average Bonchev–Trinajstić information content (AvgIpc) is 2.57. The van der Waals surface area contributed by atoms with Crippen LogP contribution in [0.3, 0.4) is 0 Å². The van der Waals surface area contributed by atoms with Crippen LogP contribution < -0.4 is 0 Å². The van der Waals surface area contributed by atoms with Crippen LogP contribution in [0, 0.1) is 0 Å². The number of carbonyl (C=O) groups excluding carboxylic acids is 1. The molecule has 1 aliphatic rings. The Morgan fingerprint density at radius 1 is 1.50 bits per heavy atom. The van der Waals surface area contributed by atoms with Gasteiger partial charge in [-0.25, -0.2) is 0 Å². The first-order valence-electron chi connectivity index (χ1n) is 4.30. The van der Waals surface area contributed by atoms with Gasteiger partial charge in [0.05, 0.1) is 4.21 Å². The standard InChI is InChI=1S/C10H11NOS2/c1-11(2)5-7-6-14-10-8(9(7)12)3-4-13-10/h3-5H,6H2,1-2H3/b7-5-. The third kappa shape index (κ3) is 1.72. The van der Waals surface area contributed by atoms with Crippen molar-refractivity contribution in [1.82, 2.24) is 4.90 Å². The number of ketones is 1. The van der Waals surface area contributed by atoms with E-state index in [1.165, 1.54) is 0 Å². The second-order valence-electron chi connectivity index (χ2n) is 3.36. The van der Waals surface area contributed by atoms with E-state index in [1.54, 1.807) is 23.1 Å². The van der Waals surface area contributed by atoms with Gasteiger partial charge in [0, 0.05) is 37.2 Å². The number of thioether (sulfide) groups is 1. The quantitative estimate of drug-likeness (QED) is 0.685. The van der Waals surface area contributed by atoms with Gasteiger partial charge >= 0.3 is 0 Å². The van der Waals surface area contributed by atoms with E-state index in [9.17, 15) is 4.79 Å². The van der Waals surface area contributed by atoms with Crippen molar-refractivity contribution < 1.29 is 4.79 Å². The normalized spacial score (nSPS) is 18.4. The minimum Gasteiger partial charge on any atom is -0.383 e. The zero-order valence-electron chi connectivity index (χ0n) is 8.11. The molecule has 0 aliphatic carbocycles. The monoisotopic (exact) mass is 225 g/mol. The Kier molecular flexibility index (Phi) is 2.65. The van der Waals surface area contributed by atoms with Gasteiger partial charge in [0.15, 0.2) is 5.78 Å². The van der Waals surface area contributed by atoms with Crippen LogP contribution >= 0.6 is 23.1 Å². The topological polar surface area (TPSA) is 20.3 Å². The first kappa shape index (κ1) is 9.80. The van der Waals surface area contributed by atoms with Crippen LogP contribution in [0.15, 0.2) is 27.4 Å². The fourth-order valence-corrected chi connectivity index (χ4v) is 3.40. The van der Waals surface area contributed by atoms with Gasteiger partial charge in [-0.05, 0) is 11.4 Å². The first-order valence-corrected chi connectivity index (χ1v) is 6.17. The minimum absolute atomic E-state index is 0.189. The molecule has 0 aromatic carbocycles. The summed E-state index contributed by atoms with van der Waals surface area (Å²) < 4.78 is 1.16. The summed E-state index contributed by atoms with van der Waals surface area (Å²) in [5, 5.41) is 1.98. The number of hydrogen-bond donors (Lipinski definition) is 0. The molecule has 4 heteroatoms. The van der Waals surface area contributed by atoms with E-state index in [4.69, 9.17) is 0 Å². The van der Waals surface area contributed by atoms with Crippen molar-refractivity contribution >= 4 is 28.9 Å². The van der Waals surface area contributed by atoms with E-state index < -0.39 is 0 Å². The zero-order chi connectivity index (χ0) is 10.1.